The van der Waals surface area contributed by atoms with E-state index < -0.39 is 11.2 Å². The predicted octanol–water partition coefficient (Wildman–Crippen LogP) is 3.50. The third kappa shape index (κ3) is 10.3. The lowest BCUT2D eigenvalue weighted by atomic mass is 10.2. The fourth-order valence-electron chi connectivity index (χ4n) is 1.56. The molecule has 0 aromatic rings. The van der Waals surface area contributed by atoms with Gasteiger partial charge in [-0.25, -0.2) is 9.59 Å². The minimum atomic E-state index is -0.484. The molecule has 130 valence electrons. The highest BCUT2D eigenvalue weighted by atomic mass is 16.6. The van der Waals surface area contributed by atoms with Crippen molar-refractivity contribution in [1.82, 2.24) is 9.80 Å². The van der Waals surface area contributed by atoms with E-state index in [0.717, 1.165) is 12.8 Å². The second-order valence-electron chi connectivity index (χ2n) is 7.51. The molecule has 22 heavy (non-hydrogen) atoms. The Balaban J connectivity index is 3.97. The lowest BCUT2D eigenvalue weighted by Crippen LogP contribution is -2.36. The van der Waals surface area contributed by atoms with E-state index in [1.807, 2.05) is 41.5 Å². The lowest BCUT2D eigenvalue weighted by molar-refractivity contribution is 0.0263. The summed E-state index contributed by atoms with van der Waals surface area (Å²) >= 11 is 0. The number of ether oxygens (including phenoxy) is 2. The van der Waals surface area contributed by atoms with Crippen molar-refractivity contribution in [1.29, 1.82) is 0 Å². The largest absolute Gasteiger partial charge is 0.444 e. The molecule has 0 saturated heterocycles. The number of unbranched alkanes of at least 4 members (excludes halogenated alkanes) is 1. The average Bonchev–Trinajstić information content (AvgIpc) is 2.29. The standard InChI is InChI=1S/C16H32N2O4/c1-15(2,3)21-13(19)17(7)11-9-10-12-18(8)14(20)22-16(4,5)6/h9-12H2,1-8H3. The Kier molecular flexibility index (Phi) is 7.70. The summed E-state index contributed by atoms with van der Waals surface area (Å²) < 4.78 is 10.5. The Hall–Kier alpha value is -1.46. The van der Waals surface area contributed by atoms with Gasteiger partial charge in [-0.15, -0.1) is 0 Å². The zero-order valence-corrected chi connectivity index (χ0v) is 15.4. The van der Waals surface area contributed by atoms with Crippen molar-refractivity contribution < 1.29 is 19.1 Å². The van der Waals surface area contributed by atoms with Gasteiger partial charge >= 0.3 is 12.2 Å². The van der Waals surface area contributed by atoms with Gasteiger partial charge in [0.05, 0.1) is 0 Å². The van der Waals surface area contributed by atoms with E-state index in [1.165, 1.54) is 0 Å². The summed E-state index contributed by atoms with van der Waals surface area (Å²) in [5.74, 6) is 0. The molecule has 6 heteroatoms. The van der Waals surface area contributed by atoms with Crippen LogP contribution in [-0.4, -0.2) is 60.4 Å². The molecule has 0 heterocycles. The molecule has 0 aliphatic carbocycles. The van der Waals surface area contributed by atoms with Crippen LogP contribution in [0.5, 0.6) is 0 Å². The van der Waals surface area contributed by atoms with Crippen LogP contribution in [0.25, 0.3) is 0 Å². The smallest absolute Gasteiger partial charge is 0.410 e. The van der Waals surface area contributed by atoms with E-state index in [1.54, 1.807) is 23.9 Å². The molecular formula is C16H32N2O4. The van der Waals surface area contributed by atoms with Gasteiger partial charge in [0.1, 0.15) is 11.2 Å². The first kappa shape index (κ1) is 20.5. The number of carbonyl (C=O) groups is 2. The first-order valence-corrected chi connectivity index (χ1v) is 7.70. The molecule has 6 nitrogen and oxygen atoms in total. The Morgan fingerprint density at radius 1 is 0.727 bits per heavy atom. The van der Waals surface area contributed by atoms with Gasteiger partial charge in [0.25, 0.3) is 0 Å². The summed E-state index contributed by atoms with van der Waals surface area (Å²) in [4.78, 5) is 26.7. The fraction of sp³-hybridized carbons (Fsp3) is 0.875. The molecule has 0 aromatic carbocycles. The number of hydrogen-bond acceptors (Lipinski definition) is 4. The molecule has 0 radical (unpaired) electrons. The van der Waals surface area contributed by atoms with Crippen LogP contribution in [0.15, 0.2) is 0 Å². The topological polar surface area (TPSA) is 59.1 Å². The highest BCUT2D eigenvalue weighted by Crippen LogP contribution is 2.11. The molecule has 0 spiro atoms. The van der Waals surface area contributed by atoms with Crippen molar-refractivity contribution in [3.05, 3.63) is 0 Å². The van der Waals surface area contributed by atoms with Crippen LogP contribution in [0, 0.1) is 0 Å². The molecule has 0 N–H and O–H groups in total. The van der Waals surface area contributed by atoms with Gasteiger partial charge in [0.2, 0.25) is 0 Å². The molecule has 0 fully saturated rings. The average molecular weight is 316 g/mol. The molecule has 0 atom stereocenters. The normalized spacial score (nSPS) is 11.8. The van der Waals surface area contributed by atoms with Gasteiger partial charge in [0.15, 0.2) is 0 Å². The van der Waals surface area contributed by atoms with E-state index in [4.69, 9.17) is 9.47 Å². The van der Waals surface area contributed by atoms with Crippen LogP contribution in [0.3, 0.4) is 0 Å². The minimum Gasteiger partial charge on any atom is -0.444 e. The van der Waals surface area contributed by atoms with E-state index in [-0.39, 0.29) is 12.2 Å². The summed E-state index contributed by atoms with van der Waals surface area (Å²) in [5.41, 5.74) is -0.968. The number of carbonyl (C=O) groups excluding carboxylic acids is 2. The van der Waals surface area contributed by atoms with Crippen molar-refractivity contribution in [2.45, 2.75) is 65.6 Å². The van der Waals surface area contributed by atoms with Crippen LogP contribution < -0.4 is 0 Å². The monoisotopic (exact) mass is 316 g/mol. The third-order valence-electron chi connectivity index (χ3n) is 2.65. The molecule has 0 unspecified atom stereocenters. The van der Waals surface area contributed by atoms with E-state index >= 15 is 0 Å². The number of amides is 2. The van der Waals surface area contributed by atoms with Crippen molar-refractivity contribution in [3.8, 4) is 0 Å². The Bertz CT molecular complexity index is 333. The molecule has 0 bridgehead atoms. The zero-order chi connectivity index (χ0) is 17.6. The lowest BCUT2D eigenvalue weighted by Gasteiger charge is -2.26. The van der Waals surface area contributed by atoms with Crippen LogP contribution in [0.2, 0.25) is 0 Å². The maximum Gasteiger partial charge on any atom is 0.410 e. The maximum atomic E-state index is 11.8. The second-order valence-corrected chi connectivity index (χ2v) is 7.51. The van der Waals surface area contributed by atoms with Crippen molar-refractivity contribution >= 4 is 12.2 Å². The molecule has 2 amide bonds. The first-order valence-electron chi connectivity index (χ1n) is 7.70. The van der Waals surface area contributed by atoms with E-state index in [2.05, 4.69) is 0 Å². The van der Waals surface area contributed by atoms with Crippen molar-refractivity contribution in [2.24, 2.45) is 0 Å². The van der Waals surface area contributed by atoms with Gasteiger partial charge in [-0.2, -0.15) is 0 Å². The third-order valence-corrected chi connectivity index (χ3v) is 2.65. The molecular weight excluding hydrogens is 284 g/mol. The minimum absolute atomic E-state index is 0.326. The van der Waals surface area contributed by atoms with Gasteiger partial charge in [-0.1, -0.05) is 0 Å². The summed E-state index contributed by atoms with van der Waals surface area (Å²) in [6.45, 7) is 12.2. The number of hydrogen-bond donors (Lipinski definition) is 0. The fourth-order valence-corrected chi connectivity index (χ4v) is 1.56. The molecule has 0 rings (SSSR count). The first-order chi connectivity index (χ1) is 9.82. The van der Waals surface area contributed by atoms with Gasteiger partial charge < -0.3 is 19.3 Å². The highest BCUT2D eigenvalue weighted by molar-refractivity contribution is 5.68. The zero-order valence-electron chi connectivity index (χ0n) is 15.4. The number of rotatable bonds is 5. The van der Waals surface area contributed by atoms with Crippen LogP contribution in [-0.2, 0) is 9.47 Å². The van der Waals surface area contributed by atoms with E-state index in [9.17, 15) is 9.59 Å². The Labute approximate surface area is 134 Å². The summed E-state index contributed by atoms with van der Waals surface area (Å²) in [5, 5.41) is 0. The Morgan fingerprint density at radius 2 is 1.00 bits per heavy atom. The second kappa shape index (κ2) is 8.25. The summed E-state index contributed by atoms with van der Waals surface area (Å²) in [7, 11) is 3.43. The van der Waals surface area contributed by atoms with E-state index in [0.29, 0.717) is 13.1 Å². The van der Waals surface area contributed by atoms with Gasteiger partial charge in [0, 0.05) is 27.2 Å². The maximum absolute atomic E-state index is 11.8. The SMILES string of the molecule is CN(CCCCN(C)C(=O)OC(C)(C)C)C(=O)OC(C)(C)C. The highest BCUT2D eigenvalue weighted by Gasteiger charge is 2.20. The summed E-state index contributed by atoms with van der Waals surface area (Å²) in [6, 6.07) is 0. The van der Waals surface area contributed by atoms with Crippen molar-refractivity contribution in [2.75, 3.05) is 27.2 Å². The Morgan fingerprint density at radius 3 is 1.23 bits per heavy atom. The van der Waals surface area contributed by atoms with Gasteiger partial charge in [-0.3, -0.25) is 0 Å². The van der Waals surface area contributed by atoms with Crippen LogP contribution in [0.1, 0.15) is 54.4 Å². The molecule has 0 saturated carbocycles. The number of nitrogens with zero attached hydrogens (tertiary/aromatic N) is 2. The van der Waals surface area contributed by atoms with Crippen LogP contribution >= 0.6 is 0 Å². The van der Waals surface area contributed by atoms with Crippen LogP contribution in [0.4, 0.5) is 9.59 Å². The molecule has 0 aliphatic heterocycles. The van der Waals surface area contributed by atoms with Crippen molar-refractivity contribution in [3.63, 3.8) is 0 Å². The van der Waals surface area contributed by atoms with Gasteiger partial charge in [-0.05, 0) is 54.4 Å². The predicted molar refractivity (Wildman–Crippen MR) is 87.0 cm³/mol. The quantitative estimate of drug-likeness (QED) is 0.728. The molecule has 0 aromatic heterocycles. The molecule has 0 aliphatic rings. The summed E-state index contributed by atoms with van der Waals surface area (Å²) in [6.07, 6.45) is 0.937.